The fourth-order valence-electron chi connectivity index (χ4n) is 4.56. The van der Waals surface area contributed by atoms with Gasteiger partial charge in [0.15, 0.2) is 0 Å². The Balaban J connectivity index is 1.23. The molecule has 0 unspecified atom stereocenters. The van der Waals surface area contributed by atoms with Gasteiger partial charge in [-0.05, 0) is 54.5 Å². The summed E-state index contributed by atoms with van der Waals surface area (Å²) in [4.78, 5) is 6.69. The zero-order valence-corrected chi connectivity index (χ0v) is 15.0. The first kappa shape index (κ1) is 15.7. The van der Waals surface area contributed by atoms with E-state index in [9.17, 15) is 0 Å². The van der Waals surface area contributed by atoms with Crippen molar-refractivity contribution in [2.75, 3.05) is 39.0 Å². The third-order valence-corrected chi connectivity index (χ3v) is 6.68. The highest BCUT2D eigenvalue weighted by molar-refractivity contribution is 7.98. The molecule has 3 aliphatic rings. The molecule has 1 saturated heterocycles. The average Bonchev–Trinajstić information content (AvgIpc) is 3.20. The lowest BCUT2D eigenvalue weighted by molar-refractivity contribution is 0.108. The van der Waals surface area contributed by atoms with Gasteiger partial charge in [0, 0.05) is 44.2 Å². The fraction of sp³-hybridized carbons (Fsp3) is 0.600. The molecule has 0 aromatic heterocycles. The van der Waals surface area contributed by atoms with Gasteiger partial charge in [-0.15, -0.1) is 11.8 Å². The Morgan fingerprint density at radius 1 is 0.957 bits per heavy atom. The molecule has 3 atom stereocenters. The lowest BCUT2D eigenvalue weighted by Gasteiger charge is -2.37. The quantitative estimate of drug-likeness (QED) is 0.600. The minimum absolute atomic E-state index is 0.896. The summed E-state index contributed by atoms with van der Waals surface area (Å²) in [7, 11) is 0. The van der Waals surface area contributed by atoms with Gasteiger partial charge in [0.2, 0.25) is 0 Å². The van der Waals surface area contributed by atoms with Crippen LogP contribution < -0.4 is 0 Å². The molecule has 23 heavy (non-hydrogen) atoms. The number of hydrogen-bond acceptors (Lipinski definition) is 3. The topological polar surface area (TPSA) is 6.48 Å². The summed E-state index contributed by atoms with van der Waals surface area (Å²) in [5, 5.41) is 0. The molecule has 1 aromatic carbocycles. The van der Waals surface area contributed by atoms with Crippen molar-refractivity contribution < 1.29 is 0 Å². The van der Waals surface area contributed by atoms with Gasteiger partial charge in [-0.3, -0.25) is 4.90 Å². The van der Waals surface area contributed by atoms with Gasteiger partial charge in [0.05, 0.1) is 0 Å². The molecule has 0 N–H and O–H groups in total. The fourth-order valence-corrected chi connectivity index (χ4v) is 4.96. The number of hydrogen-bond donors (Lipinski definition) is 0. The van der Waals surface area contributed by atoms with Gasteiger partial charge in [0.25, 0.3) is 0 Å². The molecule has 2 fully saturated rings. The summed E-state index contributed by atoms with van der Waals surface area (Å²) in [6.07, 6.45) is 9.98. The maximum atomic E-state index is 2.71. The number of fused-ring (bicyclic) bond motifs is 2. The van der Waals surface area contributed by atoms with Crippen molar-refractivity contribution in [1.82, 2.24) is 9.80 Å². The minimum Gasteiger partial charge on any atom is -0.300 e. The molecule has 3 heteroatoms. The summed E-state index contributed by atoms with van der Waals surface area (Å²) in [6.45, 7) is 7.39. The number of nitrogens with zero attached hydrogens (tertiary/aromatic N) is 2. The van der Waals surface area contributed by atoms with Crippen molar-refractivity contribution in [3.8, 4) is 0 Å². The van der Waals surface area contributed by atoms with Crippen molar-refractivity contribution in [3.63, 3.8) is 0 Å². The molecule has 0 amide bonds. The number of rotatable bonds is 5. The van der Waals surface area contributed by atoms with Crippen LogP contribution in [0.15, 0.2) is 41.3 Å². The molecule has 1 aromatic rings. The monoisotopic (exact) mass is 328 g/mol. The Hall–Kier alpha value is -0.770. The van der Waals surface area contributed by atoms with E-state index in [0.29, 0.717) is 0 Å². The largest absolute Gasteiger partial charge is 0.300 e. The van der Waals surface area contributed by atoms with E-state index in [0.717, 1.165) is 24.3 Å². The lowest BCUT2D eigenvalue weighted by atomic mass is 9.93. The molecule has 2 aliphatic carbocycles. The number of benzene rings is 1. The van der Waals surface area contributed by atoms with Crippen molar-refractivity contribution in [1.29, 1.82) is 0 Å². The first-order valence-corrected chi connectivity index (χ1v) is 10.3. The van der Waals surface area contributed by atoms with Gasteiger partial charge in [-0.2, -0.15) is 0 Å². The zero-order chi connectivity index (χ0) is 15.6. The van der Waals surface area contributed by atoms with Crippen molar-refractivity contribution in [2.24, 2.45) is 17.8 Å². The standard InChI is InChI=1S/C20H28N2S/c1-23-20-6-3-16(4-7-20)14-21-8-10-22(11-9-21)15-19-13-17-2-5-18(19)12-17/h2-7,17-19H,8-15H2,1H3/t17-,18-,19+/m1/s1. The highest BCUT2D eigenvalue weighted by atomic mass is 32.2. The summed E-state index contributed by atoms with van der Waals surface area (Å²) >= 11 is 1.82. The highest BCUT2D eigenvalue weighted by Gasteiger charge is 2.36. The van der Waals surface area contributed by atoms with E-state index >= 15 is 0 Å². The van der Waals surface area contributed by atoms with E-state index in [1.165, 1.54) is 56.0 Å². The van der Waals surface area contributed by atoms with Crippen molar-refractivity contribution in [3.05, 3.63) is 42.0 Å². The molecule has 124 valence electrons. The van der Waals surface area contributed by atoms with Gasteiger partial charge >= 0.3 is 0 Å². The Bertz CT molecular complexity index is 545. The van der Waals surface area contributed by atoms with Crippen LogP contribution in [-0.2, 0) is 6.54 Å². The number of thioether (sulfide) groups is 1. The van der Waals surface area contributed by atoms with Crippen LogP contribution in [-0.4, -0.2) is 48.8 Å². The third-order valence-electron chi connectivity index (χ3n) is 5.94. The van der Waals surface area contributed by atoms with E-state index in [4.69, 9.17) is 0 Å². The van der Waals surface area contributed by atoms with Crippen molar-refractivity contribution in [2.45, 2.75) is 24.3 Å². The number of piperazine rings is 1. The van der Waals surface area contributed by atoms with E-state index in [-0.39, 0.29) is 0 Å². The second kappa shape index (κ2) is 7.00. The molecule has 2 bridgehead atoms. The Morgan fingerprint density at radius 2 is 1.70 bits per heavy atom. The Kier molecular flexibility index (Phi) is 4.79. The van der Waals surface area contributed by atoms with E-state index in [2.05, 4.69) is 52.5 Å². The summed E-state index contributed by atoms with van der Waals surface area (Å²) in [5.74, 6) is 2.75. The molecule has 1 aliphatic heterocycles. The van der Waals surface area contributed by atoms with Crippen LogP contribution in [0.3, 0.4) is 0 Å². The van der Waals surface area contributed by atoms with E-state index < -0.39 is 0 Å². The molecule has 1 saturated carbocycles. The van der Waals surface area contributed by atoms with Crippen LogP contribution in [0.5, 0.6) is 0 Å². The van der Waals surface area contributed by atoms with E-state index in [1.54, 1.807) is 0 Å². The minimum atomic E-state index is 0.896. The number of allylic oxidation sites excluding steroid dienone is 2. The highest BCUT2D eigenvalue weighted by Crippen LogP contribution is 2.43. The Labute approximate surface area is 144 Å². The van der Waals surface area contributed by atoms with Crippen LogP contribution in [0.4, 0.5) is 0 Å². The molecule has 0 radical (unpaired) electrons. The van der Waals surface area contributed by atoms with Gasteiger partial charge in [-0.25, -0.2) is 0 Å². The lowest BCUT2D eigenvalue weighted by Crippen LogP contribution is -2.47. The Morgan fingerprint density at radius 3 is 2.30 bits per heavy atom. The molecule has 0 spiro atoms. The SMILES string of the molecule is CSc1ccc(CN2CCN(C[C@@H]3C[C@@H]4C=C[C@@H]3C4)CC2)cc1. The van der Waals surface area contributed by atoms with Crippen molar-refractivity contribution >= 4 is 11.8 Å². The normalized spacial score (nSPS) is 31.1. The first-order valence-electron chi connectivity index (χ1n) is 9.06. The van der Waals surface area contributed by atoms with E-state index in [1.807, 2.05) is 11.8 Å². The molecule has 4 rings (SSSR count). The van der Waals surface area contributed by atoms with Crippen LogP contribution in [0, 0.1) is 17.8 Å². The maximum Gasteiger partial charge on any atom is 0.0234 e. The smallest absolute Gasteiger partial charge is 0.0234 e. The second-order valence-corrected chi connectivity index (χ2v) is 8.34. The van der Waals surface area contributed by atoms with Crippen LogP contribution in [0.2, 0.25) is 0 Å². The third kappa shape index (κ3) is 3.67. The second-order valence-electron chi connectivity index (χ2n) is 7.47. The zero-order valence-electron chi connectivity index (χ0n) is 14.2. The van der Waals surface area contributed by atoms with Gasteiger partial charge < -0.3 is 4.90 Å². The molecule has 2 nitrogen and oxygen atoms in total. The van der Waals surface area contributed by atoms with Crippen LogP contribution in [0.1, 0.15) is 18.4 Å². The summed E-state index contributed by atoms with van der Waals surface area (Å²) in [6, 6.07) is 9.08. The molecule has 1 heterocycles. The summed E-state index contributed by atoms with van der Waals surface area (Å²) in [5.41, 5.74) is 1.45. The molecular formula is C20H28N2S. The van der Waals surface area contributed by atoms with Gasteiger partial charge in [-0.1, -0.05) is 24.3 Å². The van der Waals surface area contributed by atoms with Crippen LogP contribution in [0.25, 0.3) is 0 Å². The predicted octanol–water partition coefficient (Wildman–Crippen LogP) is 3.74. The predicted molar refractivity (Wildman–Crippen MR) is 98.8 cm³/mol. The maximum absolute atomic E-state index is 2.71. The first-order chi connectivity index (χ1) is 11.3. The summed E-state index contributed by atoms with van der Waals surface area (Å²) < 4.78 is 0. The van der Waals surface area contributed by atoms with Crippen LogP contribution >= 0.6 is 11.8 Å². The average molecular weight is 329 g/mol. The molecular weight excluding hydrogens is 300 g/mol. The van der Waals surface area contributed by atoms with Gasteiger partial charge in [0.1, 0.15) is 0 Å².